The number of hydrogen-bond acceptors (Lipinski definition) is 2. The molecule has 4 atom stereocenters. The van der Waals surface area contributed by atoms with Crippen LogP contribution in [0.2, 0.25) is 0 Å². The maximum Gasteiger partial charge on any atom is 0.241 e. The van der Waals surface area contributed by atoms with E-state index in [2.05, 4.69) is 37.9 Å². The second-order valence-corrected chi connectivity index (χ2v) is 6.47. The Morgan fingerprint density at radius 3 is 2.61 bits per heavy atom. The van der Waals surface area contributed by atoms with E-state index in [1.54, 1.807) is 0 Å². The summed E-state index contributed by atoms with van der Waals surface area (Å²) in [6.45, 7) is 9.73. The van der Waals surface area contributed by atoms with Crippen molar-refractivity contribution in [2.45, 2.75) is 65.6 Å². The average molecular weight is 252 g/mol. The van der Waals surface area contributed by atoms with Gasteiger partial charge in [-0.2, -0.15) is 0 Å². The fourth-order valence-corrected chi connectivity index (χ4v) is 3.48. The van der Waals surface area contributed by atoms with Crippen LogP contribution >= 0.6 is 0 Å². The fraction of sp³-hybridized carbons (Fsp3) is 0.933. The molecule has 3 nitrogen and oxygen atoms in total. The quantitative estimate of drug-likeness (QED) is 0.834. The van der Waals surface area contributed by atoms with Crippen LogP contribution in [0.15, 0.2) is 0 Å². The second kappa shape index (κ2) is 5.60. The Hall–Kier alpha value is -0.570. The van der Waals surface area contributed by atoms with Gasteiger partial charge in [-0.05, 0) is 30.6 Å². The van der Waals surface area contributed by atoms with Crippen molar-refractivity contribution in [3.63, 3.8) is 0 Å². The predicted molar refractivity (Wildman–Crippen MR) is 74.1 cm³/mol. The summed E-state index contributed by atoms with van der Waals surface area (Å²) in [5.74, 6) is 2.22. The molecule has 0 radical (unpaired) electrons. The lowest BCUT2D eigenvalue weighted by atomic mass is 9.97. The Morgan fingerprint density at radius 2 is 2.11 bits per heavy atom. The lowest BCUT2D eigenvalue weighted by Crippen LogP contribution is -2.40. The standard InChI is InChI=1S/C15H28N2O/c1-5-13-16-14(10(2)3)15(18)17(13)9-12-8-6-7-11(12)4/h10-14,16H,5-9H2,1-4H3. The van der Waals surface area contributed by atoms with Crippen LogP contribution in [0.1, 0.15) is 53.4 Å². The van der Waals surface area contributed by atoms with Crippen molar-refractivity contribution in [2.75, 3.05) is 6.54 Å². The number of nitrogens with zero attached hydrogens (tertiary/aromatic N) is 1. The summed E-state index contributed by atoms with van der Waals surface area (Å²) in [5, 5.41) is 3.51. The monoisotopic (exact) mass is 252 g/mol. The molecule has 2 fully saturated rings. The summed E-state index contributed by atoms with van der Waals surface area (Å²) in [6, 6.07) is 0.0339. The van der Waals surface area contributed by atoms with Crippen molar-refractivity contribution in [3.8, 4) is 0 Å². The minimum atomic E-state index is 0.0339. The van der Waals surface area contributed by atoms with Gasteiger partial charge in [0.1, 0.15) is 0 Å². The summed E-state index contributed by atoms with van der Waals surface area (Å²) < 4.78 is 0. The normalized spacial score (nSPS) is 36.9. The molecular formula is C15H28N2O. The molecule has 0 spiro atoms. The number of nitrogens with one attached hydrogen (secondary N) is 1. The second-order valence-electron chi connectivity index (χ2n) is 6.47. The number of hydrogen-bond donors (Lipinski definition) is 1. The zero-order valence-corrected chi connectivity index (χ0v) is 12.3. The Balaban J connectivity index is 2.03. The van der Waals surface area contributed by atoms with E-state index in [1.807, 2.05) is 0 Å². The van der Waals surface area contributed by atoms with Crippen molar-refractivity contribution >= 4 is 5.91 Å². The molecule has 0 bridgehead atoms. The van der Waals surface area contributed by atoms with Crippen LogP contribution < -0.4 is 5.32 Å². The summed E-state index contributed by atoms with van der Waals surface area (Å²) in [7, 11) is 0. The van der Waals surface area contributed by atoms with Crippen LogP contribution in [-0.4, -0.2) is 29.6 Å². The van der Waals surface area contributed by atoms with E-state index in [-0.39, 0.29) is 12.2 Å². The van der Waals surface area contributed by atoms with Crippen molar-refractivity contribution in [3.05, 3.63) is 0 Å². The largest absolute Gasteiger partial charge is 0.326 e. The third kappa shape index (κ3) is 2.56. The van der Waals surface area contributed by atoms with Gasteiger partial charge in [0.05, 0.1) is 12.2 Å². The van der Waals surface area contributed by atoms with Gasteiger partial charge in [-0.15, -0.1) is 0 Å². The first-order valence-corrected chi connectivity index (χ1v) is 7.61. The van der Waals surface area contributed by atoms with Crippen LogP contribution in [-0.2, 0) is 4.79 Å². The molecule has 1 aliphatic carbocycles. The van der Waals surface area contributed by atoms with Gasteiger partial charge in [-0.3, -0.25) is 10.1 Å². The van der Waals surface area contributed by atoms with Gasteiger partial charge in [0, 0.05) is 6.54 Å². The van der Waals surface area contributed by atoms with Crippen LogP contribution in [0.5, 0.6) is 0 Å². The van der Waals surface area contributed by atoms with Crippen molar-refractivity contribution in [1.29, 1.82) is 0 Å². The van der Waals surface area contributed by atoms with E-state index in [0.717, 1.165) is 24.8 Å². The lowest BCUT2D eigenvalue weighted by molar-refractivity contribution is -0.131. The first-order chi connectivity index (χ1) is 8.54. The molecule has 104 valence electrons. The molecule has 0 aromatic rings. The highest BCUT2D eigenvalue weighted by Crippen LogP contribution is 2.33. The molecule has 1 N–H and O–H groups in total. The summed E-state index contributed by atoms with van der Waals surface area (Å²) in [4.78, 5) is 14.6. The maximum atomic E-state index is 12.5. The smallest absolute Gasteiger partial charge is 0.241 e. The number of rotatable bonds is 4. The third-order valence-corrected chi connectivity index (χ3v) is 4.82. The SMILES string of the molecule is CCC1NC(C(C)C)C(=O)N1CC1CCCC1C. The number of carbonyl (C=O) groups excluding carboxylic acids is 1. The van der Waals surface area contributed by atoms with E-state index in [0.29, 0.717) is 11.8 Å². The van der Waals surface area contributed by atoms with Crippen LogP contribution in [0.4, 0.5) is 0 Å². The summed E-state index contributed by atoms with van der Waals surface area (Å²) >= 11 is 0. The Kier molecular flexibility index (Phi) is 4.31. The molecule has 1 aliphatic heterocycles. The molecule has 1 saturated carbocycles. The van der Waals surface area contributed by atoms with Gasteiger partial charge in [0.2, 0.25) is 5.91 Å². The van der Waals surface area contributed by atoms with Crippen molar-refractivity contribution < 1.29 is 4.79 Å². The van der Waals surface area contributed by atoms with Gasteiger partial charge in [0.15, 0.2) is 0 Å². The molecule has 2 aliphatic rings. The molecule has 2 rings (SSSR count). The van der Waals surface area contributed by atoms with Crippen molar-refractivity contribution in [1.82, 2.24) is 10.2 Å². The Labute approximate surface area is 111 Å². The molecule has 1 amide bonds. The first-order valence-electron chi connectivity index (χ1n) is 7.61. The van der Waals surface area contributed by atoms with Gasteiger partial charge in [-0.25, -0.2) is 0 Å². The van der Waals surface area contributed by atoms with Crippen LogP contribution in [0.3, 0.4) is 0 Å². The first kappa shape index (κ1) is 13.9. The van der Waals surface area contributed by atoms with E-state index in [9.17, 15) is 4.79 Å². The fourth-order valence-electron chi connectivity index (χ4n) is 3.48. The maximum absolute atomic E-state index is 12.5. The lowest BCUT2D eigenvalue weighted by Gasteiger charge is -2.28. The predicted octanol–water partition coefficient (Wildman–Crippen LogP) is 2.62. The summed E-state index contributed by atoms with van der Waals surface area (Å²) in [5.41, 5.74) is 0. The molecular weight excluding hydrogens is 224 g/mol. The minimum Gasteiger partial charge on any atom is -0.326 e. The molecule has 18 heavy (non-hydrogen) atoms. The number of carbonyl (C=O) groups is 1. The van der Waals surface area contributed by atoms with Gasteiger partial charge < -0.3 is 4.90 Å². The van der Waals surface area contributed by atoms with E-state index >= 15 is 0 Å². The Bertz CT molecular complexity index is 303. The zero-order chi connectivity index (χ0) is 13.3. The van der Waals surface area contributed by atoms with Crippen molar-refractivity contribution in [2.24, 2.45) is 17.8 Å². The Morgan fingerprint density at radius 1 is 1.39 bits per heavy atom. The van der Waals surface area contributed by atoms with Gasteiger partial charge in [0.25, 0.3) is 0 Å². The highest BCUT2D eigenvalue weighted by Gasteiger charge is 2.41. The molecule has 0 aromatic heterocycles. The molecule has 1 heterocycles. The highest BCUT2D eigenvalue weighted by molar-refractivity contribution is 5.84. The van der Waals surface area contributed by atoms with Crippen LogP contribution in [0.25, 0.3) is 0 Å². The van der Waals surface area contributed by atoms with Gasteiger partial charge >= 0.3 is 0 Å². The van der Waals surface area contributed by atoms with E-state index in [1.165, 1.54) is 19.3 Å². The van der Waals surface area contributed by atoms with Crippen LogP contribution in [0, 0.1) is 17.8 Å². The minimum absolute atomic E-state index is 0.0339. The average Bonchev–Trinajstić information content (AvgIpc) is 2.86. The van der Waals surface area contributed by atoms with E-state index in [4.69, 9.17) is 0 Å². The summed E-state index contributed by atoms with van der Waals surface area (Å²) in [6.07, 6.45) is 5.25. The molecule has 0 aromatic carbocycles. The zero-order valence-electron chi connectivity index (χ0n) is 12.3. The van der Waals surface area contributed by atoms with E-state index < -0.39 is 0 Å². The number of amides is 1. The highest BCUT2D eigenvalue weighted by atomic mass is 16.2. The topological polar surface area (TPSA) is 32.3 Å². The van der Waals surface area contributed by atoms with Gasteiger partial charge in [-0.1, -0.05) is 40.5 Å². The molecule has 4 unspecified atom stereocenters. The third-order valence-electron chi connectivity index (χ3n) is 4.82. The molecule has 1 saturated heterocycles. The molecule has 3 heteroatoms.